The van der Waals surface area contributed by atoms with Crippen LogP contribution in [0.25, 0.3) is 17.1 Å². The molecule has 3 aromatic rings. The molecule has 29 heavy (non-hydrogen) atoms. The van der Waals surface area contributed by atoms with Crippen LogP contribution in [-0.2, 0) is 0 Å². The number of carbonyl (C=O) groups excluding carboxylic acids is 2. The van der Waals surface area contributed by atoms with E-state index in [1.165, 1.54) is 23.1 Å². The SMILES string of the molecule is NC(=O)c1ncn2c(C(=O)N3CCCC(C(F)(F)F)C3)cc(-c3ccco3)nc12. The number of likely N-dealkylation sites (tertiary alicyclic amines) is 1. The van der Waals surface area contributed by atoms with Gasteiger partial charge in [0.05, 0.1) is 12.2 Å². The Balaban J connectivity index is 1.80. The second-order valence-corrected chi connectivity index (χ2v) is 6.79. The van der Waals surface area contributed by atoms with Crippen LogP contribution >= 0.6 is 0 Å². The first-order valence-corrected chi connectivity index (χ1v) is 8.83. The van der Waals surface area contributed by atoms with Crippen LogP contribution in [0.5, 0.6) is 0 Å². The number of imidazole rings is 1. The molecule has 1 fully saturated rings. The number of hydrogen-bond donors (Lipinski definition) is 1. The van der Waals surface area contributed by atoms with E-state index in [0.717, 1.165) is 4.90 Å². The summed E-state index contributed by atoms with van der Waals surface area (Å²) in [6.07, 6.45) is -1.54. The second kappa shape index (κ2) is 6.90. The highest BCUT2D eigenvalue weighted by Gasteiger charge is 2.43. The fourth-order valence-electron chi connectivity index (χ4n) is 3.45. The van der Waals surface area contributed by atoms with Gasteiger partial charge in [-0.3, -0.25) is 14.0 Å². The number of halogens is 3. The van der Waals surface area contributed by atoms with E-state index in [1.54, 1.807) is 12.1 Å². The summed E-state index contributed by atoms with van der Waals surface area (Å²) in [6.45, 7) is -0.234. The molecular weight excluding hydrogens is 391 g/mol. The molecule has 1 unspecified atom stereocenters. The van der Waals surface area contributed by atoms with Gasteiger partial charge in [0.1, 0.15) is 17.7 Å². The van der Waals surface area contributed by atoms with Crippen molar-refractivity contribution in [1.29, 1.82) is 0 Å². The number of primary amides is 1. The van der Waals surface area contributed by atoms with Crippen molar-refractivity contribution in [3.63, 3.8) is 0 Å². The molecule has 0 bridgehead atoms. The van der Waals surface area contributed by atoms with Crippen molar-refractivity contribution >= 4 is 17.5 Å². The van der Waals surface area contributed by atoms with Crippen molar-refractivity contribution < 1.29 is 27.2 Å². The van der Waals surface area contributed by atoms with E-state index in [9.17, 15) is 22.8 Å². The van der Waals surface area contributed by atoms with Gasteiger partial charge < -0.3 is 15.1 Å². The molecule has 3 aromatic heterocycles. The summed E-state index contributed by atoms with van der Waals surface area (Å²) >= 11 is 0. The molecule has 8 nitrogen and oxygen atoms in total. The molecule has 1 atom stereocenters. The highest BCUT2D eigenvalue weighted by Crippen LogP contribution is 2.34. The monoisotopic (exact) mass is 407 g/mol. The first-order chi connectivity index (χ1) is 13.8. The Labute approximate surface area is 162 Å². The average Bonchev–Trinajstić information content (AvgIpc) is 3.35. The first-order valence-electron chi connectivity index (χ1n) is 8.83. The molecule has 11 heteroatoms. The maximum atomic E-state index is 13.1. The number of amides is 2. The van der Waals surface area contributed by atoms with Crippen molar-refractivity contribution in [2.24, 2.45) is 11.7 Å². The molecule has 0 aliphatic carbocycles. The molecule has 2 amide bonds. The fourth-order valence-corrected chi connectivity index (χ4v) is 3.45. The zero-order valence-corrected chi connectivity index (χ0v) is 15.0. The summed E-state index contributed by atoms with van der Waals surface area (Å²) < 4.78 is 46.0. The van der Waals surface area contributed by atoms with Crippen molar-refractivity contribution in [1.82, 2.24) is 19.3 Å². The number of furan rings is 1. The molecule has 4 rings (SSSR count). The third kappa shape index (κ3) is 3.43. The van der Waals surface area contributed by atoms with Crippen LogP contribution in [0.2, 0.25) is 0 Å². The van der Waals surface area contributed by atoms with E-state index in [0.29, 0.717) is 5.76 Å². The Bertz CT molecular complexity index is 1070. The van der Waals surface area contributed by atoms with Crippen LogP contribution in [0, 0.1) is 5.92 Å². The van der Waals surface area contributed by atoms with E-state index >= 15 is 0 Å². The number of nitrogens with zero attached hydrogens (tertiary/aromatic N) is 4. The van der Waals surface area contributed by atoms with Crippen LogP contribution in [0.3, 0.4) is 0 Å². The topological polar surface area (TPSA) is 107 Å². The maximum Gasteiger partial charge on any atom is 0.393 e. The quantitative estimate of drug-likeness (QED) is 0.718. The smallest absolute Gasteiger partial charge is 0.393 e. The summed E-state index contributed by atoms with van der Waals surface area (Å²) in [7, 11) is 0. The number of fused-ring (bicyclic) bond motifs is 1. The van der Waals surface area contributed by atoms with Gasteiger partial charge in [-0.2, -0.15) is 13.2 Å². The predicted octanol–water partition coefficient (Wildman–Crippen LogP) is 2.50. The molecule has 0 radical (unpaired) electrons. The Morgan fingerprint density at radius 2 is 2.10 bits per heavy atom. The highest BCUT2D eigenvalue weighted by molar-refractivity contribution is 5.99. The van der Waals surface area contributed by atoms with E-state index in [1.807, 2.05) is 0 Å². The van der Waals surface area contributed by atoms with Crippen molar-refractivity contribution in [3.8, 4) is 11.5 Å². The minimum Gasteiger partial charge on any atom is -0.463 e. The number of piperidine rings is 1. The van der Waals surface area contributed by atoms with Gasteiger partial charge in [-0.15, -0.1) is 0 Å². The maximum absolute atomic E-state index is 13.1. The summed E-state index contributed by atoms with van der Waals surface area (Å²) in [4.78, 5) is 34.2. The molecule has 0 aromatic carbocycles. The van der Waals surface area contributed by atoms with E-state index < -0.39 is 30.5 Å². The van der Waals surface area contributed by atoms with Gasteiger partial charge >= 0.3 is 6.18 Å². The fraction of sp³-hybridized carbons (Fsp3) is 0.333. The third-order valence-corrected chi connectivity index (χ3v) is 4.90. The molecule has 152 valence electrons. The van der Waals surface area contributed by atoms with Crippen LogP contribution < -0.4 is 5.73 Å². The summed E-state index contributed by atoms with van der Waals surface area (Å²) in [5.74, 6) is -2.71. The number of alkyl halides is 3. The van der Waals surface area contributed by atoms with Crippen LogP contribution in [0.4, 0.5) is 13.2 Å². The standard InChI is InChI=1S/C18H16F3N5O3/c19-18(20,21)10-3-1-5-25(8-10)17(28)12-7-11(13-4-2-6-29-13)24-16-14(15(22)27)23-9-26(12)16/h2,4,6-7,9-10H,1,3,5,8H2,(H2,22,27). The molecule has 1 aliphatic rings. The zero-order chi connectivity index (χ0) is 20.8. The lowest BCUT2D eigenvalue weighted by Crippen LogP contribution is -2.45. The molecule has 2 N–H and O–H groups in total. The zero-order valence-electron chi connectivity index (χ0n) is 15.0. The molecular formula is C18H16F3N5O3. The lowest BCUT2D eigenvalue weighted by Gasteiger charge is -2.33. The Kier molecular flexibility index (Phi) is 4.52. The van der Waals surface area contributed by atoms with E-state index in [4.69, 9.17) is 10.2 Å². The summed E-state index contributed by atoms with van der Waals surface area (Å²) in [5.41, 5.74) is 5.46. The van der Waals surface area contributed by atoms with Gasteiger partial charge in [-0.1, -0.05) is 0 Å². The molecule has 4 heterocycles. The van der Waals surface area contributed by atoms with Gasteiger partial charge in [0.25, 0.3) is 11.8 Å². The van der Waals surface area contributed by atoms with Gasteiger partial charge in [-0.05, 0) is 31.0 Å². The summed E-state index contributed by atoms with van der Waals surface area (Å²) in [5, 5.41) is 0. The Hall–Kier alpha value is -3.37. The van der Waals surface area contributed by atoms with Gasteiger partial charge in [0.2, 0.25) is 0 Å². The van der Waals surface area contributed by atoms with Crippen LogP contribution in [-0.4, -0.2) is 50.3 Å². The third-order valence-electron chi connectivity index (χ3n) is 4.90. The molecule has 0 spiro atoms. The van der Waals surface area contributed by atoms with Gasteiger partial charge in [0, 0.05) is 13.1 Å². The number of aromatic nitrogens is 3. The van der Waals surface area contributed by atoms with Crippen LogP contribution in [0.1, 0.15) is 33.8 Å². The lowest BCUT2D eigenvalue weighted by atomic mass is 9.97. The van der Waals surface area contributed by atoms with Crippen molar-refractivity contribution in [2.45, 2.75) is 19.0 Å². The molecule has 1 saturated heterocycles. The Morgan fingerprint density at radius 3 is 2.76 bits per heavy atom. The largest absolute Gasteiger partial charge is 0.463 e. The highest BCUT2D eigenvalue weighted by atomic mass is 19.4. The second-order valence-electron chi connectivity index (χ2n) is 6.79. The summed E-state index contributed by atoms with van der Waals surface area (Å²) in [6, 6.07) is 4.62. The number of nitrogens with two attached hydrogens (primary N) is 1. The number of rotatable bonds is 3. The molecule has 1 aliphatic heterocycles. The van der Waals surface area contributed by atoms with Crippen molar-refractivity contribution in [3.05, 3.63) is 42.2 Å². The van der Waals surface area contributed by atoms with E-state index in [-0.39, 0.29) is 42.1 Å². The normalized spacial score (nSPS) is 17.6. The van der Waals surface area contributed by atoms with Gasteiger partial charge in [-0.25, -0.2) is 9.97 Å². The Morgan fingerprint density at radius 1 is 1.31 bits per heavy atom. The average molecular weight is 407 g/mol. The predicted molar refractivity (Wildman–Crippen MR) is 93.9 cm³/mol. The van der Waals surface area contributed by atoms with E-state index in [2.05, 4.69) is 9.97 Å². The number of carbonyl (C=O) groups is 2. The van der Waals surface area contributed by atoms with Crippen LogP contribution in [0.15, 0.2) is 35.2 Å². The van der Waals surface area contributed by atoms with Crippen molar-refractivity contribution in [2.75, 3.05) is 13.1 Å². The van der Waals surface area contributed by atoms with Gasteiger partial charge in [0.15, 0.2) is 17.1 Å². The number of hydrogen-bond acceptors (Lipinski definition) is 5. The minimum absolute atomic E-state index is 0.0178. The first kappa shape index (κ1) is 19.0. The lowest BCUT2D eigenvalue weighted by molar-refractivity contribution is -0.184. The molecule has 0 saturated carbocycles. The minimum atomic E-state index is -4.38.